The molecule has 1 unspecified atom stereocenters. The number of ether oxygens (including phenoxy) is 3. The fourth-order valence-corrected chi connectivity index (χ4v) is 8.71. The van der Waals surface area contributed by atoms with E-state index >= 15 is 0 Å². The summed E-state index contributed by atoms with van der Waals surface area (Å²) in [7, 11) is 0. The number of hydrogen-bond acceptors (Lipinski definition) is 6. The molecular formula is C77H122O6. The molecule has 0 heterocycles. The van der Waals surface area contributed by atoms with Crippen LogP contribution in [0.15, 0.2) is 170 Å². The second-order valence-corrected chi connectivity index (χ2v) is 21.6. The molecule has 0 rings (SSSR count). The maximum absolute atomic E-state index is 12.9. The molecule has 83 heavy (non-hydrogen) atoms. The zero-order valence-electron chi connectivity index (χ0n) is 53.4. The Morgan fingerprint density at radius 3 is 0.735 bits per heavy atom. The fraction of sp³-hybridized carbons (Fsp3) is 0.597. The summed E-state index contributed by atoms with van der Waals surface area (Å²) < 4.78 is 16.9. The Morgan fingerprint density at radius 2 is 0.470 bits per heavy atom. The van der Waals surface area contributed by atoms with Crippen molar-refractivity contribution in [1.82, 2.24) is 0 Å². The number of rotatable bonds is 59. The predicted molar refractivity (Wildman–Crippen MR) is 361 cm³/mol. The zero-order valence-corrected chi connectivity index (χ0v) is 53.4. The average molecular weight is 1140 g/mol. The number of carbonyl (C=O) groups excluding carboxylic acids is 3. The van der Waals surface area contributed by atoms with Crippen LogP contribution in [0.25, 0.3) is 0 Å². The third-order valence-electron chi connectivity index (χ3n) is 13.7. The first kappa shape index (κ1) is 77.8. The molecule has 0 fully saturated rings. The van der Waals surface area contributed by atoms with Crippen LogP contribution in [0.5, 0.6) is 0 Å². The molecular weight excluding hydrogens is 1020 g/mol. The van der Waals surface area contributed by atoms with E-state index in [1.165, 1.54) is 70.6 Å². The Labute approximate surface area is 511 Å². The highest BCUT2D eigenvalue weighted by Crippen LogP contribution is 2.15. The summed E-state index contributed by atoms with van der Waals surface area (Å²) in [4.78, 5) is 38.4. The van der Waals surface area contributed by atoms with Crippen LogP contribution in [0.4, 0.5) is 0 Å². The second-order valence-electron chi connectivity index (χ2n) is 21.6. The van der Waals surface area contributed by atoms with E-state index in [9.17, 15) is 14.4 Å². The molecule has 0 aliphatic rings. The van der Waals surface area contributed by atoms with Gasteiger partial charge in [-0.3, -0.25) is 14.4 Å². The van der Waals surface area contributed by atoms with Crippen molar-refractivity contribution in [3.8, 4) is 0 Å². The molecule has 0 radical (unpaired) electrons. The molecule has 0 aliphatic carbocycles. The van der Waals surface area contributed by atoms with Crippen molar-refractivity contribution in [3.05, 3.63) is 170 Å². The molecule has 6 nitrogen and oxygen atoms in total. The lowest BCUT2D eigenvalue weighted by atomic mass is 10.1. The highest BCUT2D eigenvalue weighted by Gasteiger charge is 2.19. The first-order chi connectivity index (χ1) is 41.0. The third kappa shape index (κ3) is 67.4. The number of carbonyl (C=O) groups is 3. The van der Waals surface area contributed by atoms with Crippen LogP contribution in [-0.4, -0.2) is 37.2 Å². The highest BCUT2D eigenvalue weighted by molar-refractivity contribution is 5.71. The molecule has 466 valence electrons. The van der Waals surface area contributed by atoms with Crippen LogP contribution in [-0.2, 0) is 28.6 Å². The van der Waals surface area contributed by atoms with Crippen LogP contribution in [0.3, 0.4) is 0 Å². The molecule has 0 aromatic carbocycles. The Hall–Kier alpha value is -5.23. The minimum absolute atomic E-state index is 0.108. The lowest BCUT2D eigenvalue weighted by Gasteiger charge is -2.18. The monoisotopic (exact) mass is 1140 g/mol. The Kier molecular flexibility index (Phi) is 64.9. The third-order valence-corrected chi connectivity index (χ3v) is 13.7. The summed E-state index contributed by atoms with van der Waals surface area (Å²) >= 11 is 0. The van der Waals surface area contributed by atoms with Gasteiger partial charge < -0.3 is 14.2 Å². The van der Waals surface area contributed by atoms with Crippen molar-refractivity contribution in [2.24, 2.45) is 0 Å². The highest BCUT2D eigenvalue weighted by atomic mass is 16.6. The number of allylic oxidation sites excluding steroid dienone is 28. The molecule has 0 bridgehead atoms. The van der Waals surface area contributed by atoms with E-state index in [1.54, 1.807) is 0 Å². The predicted octanol–water partition coefficient (Wildman–Crippen LogP) is 23.4. The van der Waals surface area contributed by atoms with Gasteiger partial charge in [-0.1, -0.05) is 274 Å². The standard InChI is InChI=1S/C77H122O6/c1-4-7-10-13-16-19-22-25-28-31-33-34-35-36-37-38-39-40-41-42-44-46-49-52-55-58-61-64-67-70-76(79)82-73-74(72-81-75(78)69-66-63-60-57-54-51-48-45-30-27-24-21-18-15-12-9-6-3)83-77(80)71-68-65-62-59-56-53-50-47-43-32-29-26-23-20-17-14-11-8-5-2/h7,9-10,12,16-21,25-30,33-34,36-37,39-40,42,44,48-49,51-52,74H,4-6,8,11,13-15,22-24,31-32,35,38,41,43,45-47,50,53-73H2,1-3H3/b10-7-,12-9-,19-16-,20-17-,21-18-,28-25-,29-26-,30-27-,34-33-,37-36-,40-39-,44-42-,51-48-,52-49-. The summed E-state index contributed by atoms with van der Waals surface area (Å²) in [6.45, 7) is 6.35. The molecule has 0 N–H and O–H groups in total. The van der Waals surface area contributed by atoms with E-state index < -0.39 is 6.10 Å². The fourth-order valence-electron chi connectivity index (χ4n) is 8.71. The summed E-state index contributed by atoms with van der Waals surface area (Å²) in [5.74, 6) is -0.960. The largest absolute Gasteiger partial charge is 0.462 e. The van der Waals surface area contributed by atoms with E-state index in [4.69, 9.17) is 14.2 Å². The topological polar surface area (TPSA) is 78.9 Å². The van der Waals surface area contributed by atoms with Crippen molar-refractivity contribution in [2.75, 3.05) is 13.2 Å². The molecule has 0 aliphatic heterocycles. The van der Waals surface area contributed by atoms with Gasteiger partial charge in [-0.05, 0) is 154 Å². The van der Waals surface area contributed by atoms with Gasteiger partial charge in [-0.2, -0.15) is 0 Å². The molecule has 0 aromatic heterocycles. The van der Waals surface area contributed by atoms with Crippen LogP contribution < -0.4 is 0 Å². The number of unbranched alkanes of at least 4 members (excludes halogenated alkanes) is 20. The molecule has 0 spiro atoms. The summed E-state index contributed by atoms with van der Waals surface area (Å²) in [6.07, 6.45) is 102. The van der Waals surface area contributed by atoms with E-state index in [2.05, 4.69) is 191 Å². The van der Waals surface area contributed by atoms with Crippen molar-refractivity contribution in [3.63, 3.8) is 0 Å². The van der Waals surface area contributed by atoms with Gasteiger partial charge in [0.05, 0.1) is 0 Å². The maximum atomic E-state index is 12.9. The Bertz CT molecular complexity index is 1890. The number of hydrogen-bond donors (Lipinski definition) is 0. The van der Waals surface area contributed by atoms with Crippen molar-refractivity contribution in [2.45, 2.75) is 284 Å². The van der Waals surface area contributed by atoms with Crippen molar-refractivity contribution in [1.29, 1.82) is 0 Å². The first-order valence-corrected chi connectivity index (χ1v) is 33.6. The van der Waals surface area contributed by atoms with E-state index in [0.29, 0.717) is 19.3 Å². The maximum Gasteiger partial charge on any atom is 0.306 e. The summed E-state index contributed by atoms with van der Waals surface area (Å²) in [5, 5.41) is 0. The van der Waals surface area contributed by atoms with Crippen molar-refractivity contribution < 1.29 is 28.6 Å². The Balaban J connectivity index is 4.48. The molecule has 0 amide bonds. The van der Waals surface area contributed by atoms with Gasteiger partial charge in [0.2, 0.25) is 0 Å². The van der Waals surface area contributed by atoms with Crippen LogP contribution in [0.2, 0.25) is 0 Å². The second kappa shape index (κ2) is 69.3. The number of esters is 3. The van der Waals surface area contributed by atoms with Gasteiger partial charge in [0.25, 0.3) is 0 Å². The van der Waals surface area contributed by atoms with E-state index in [-0.39, 0.29) is 31.1 Å². The van der Waals surface area contributed by atoms with Crippen LogP contribution in [0.1, 0.15) is 278 Å². The molecule has 0 saturated carbocycles. The van der Waals surface area contributed by atoms with Crippen LogP contribution in [0, 0.1) is 0 Å². The van der Waals surface area contributed by atoms with Gasteiger partial charge >= 0.3 is 17.9 Å². The van der Waals surface area contributed by atoms with Gasteiger partial charge in [0, 0.05) is 19.3 Å². The summed E-state index contributed by atoms with van der Waals surface area (Å²) in [6, 6.07) is 0. The molecule has 6 heteroatoms. The van der Waals surface area contributed by atoms with Gasteiger partial charge in [0.1, 0.15) is 13.2 Å². The molecule has 0 saturated heterocycles. The van der Waals surface area contributed by atoms with Gasteiger partial charge in [-0.15, -0.1) is 0 Å². The SMILES string of the molecule is CC/C=C\C/C=C\C/C=C\C/C=C\C/C=C\C/C=C\C/C=C\C/C=C\CCCCCCC(=O)OCC(COC(=O)CCCCCC/C=C\C/C=C\C/C=C\C/C=C\CC)OC(=O)CCCCCCCCCCC/C=C\C/C=C\CCCCC. The Morgan fingerprint density at radius 1 is 0.253 bits per heavy atom. The minimum atomic E-state index is -0.813. The average Bonchev–Trinajstić information content (AvgIpc) is 3.49. The van der Waals surface area contributed by atoms with Crippen LogP contribution >= 0.6 is 0 Å². The smallest absolute Gasteiger partial charge is 0.306 e. The van der Waals surface area contributed by atoms with E-state index in [0.717, 1.165) is 167 Å². The van der Waals surface area contributed by atoms with E-state index in [1.807, 2.05) is 0 Å². The van der Waals surface area contributed by atoms with Gasteiger partial charge in [0.15, 0.2) is 6.10 Å². The van der Waals surface area contributed by atoms with Crippen molar-refractivity contribution >= 4 is 17.9 Å². The lowest BCUT2D eigenvalue weighted by molar-refractivity contribution is -0.167. The lowest BCUT2D eigenvalue weighted by Crippen LogP contribution is -2.30. The zero-order chi connectivity index (χ0) is 59.9. The quantitative estimate of drug-likeness (QED) is 0.0261. The van der Waals surface area contributed by atoms with Gasteiger partial charge in [-0.25, -0.2) is 0 Å². The normalized spacial score (nSPS) is 13.2. The first-order valence-electron chi connectivity index (χ1n) is 33.6. The summed E-state index contributed by atoms with van der Waals surface area (Å²) in [5.41, 5.74) is 0. The minimum Gasteiger partial charge on any atom is -0.462 e. The molecule has 0 aromatic rings. The molecule has 1 atom stereocenters.